The van der Waals surface area contributed by atoms with Crippen LogP contribution in [0.5, 0.6) is 0 Å². The van der Waals surface area contributed by atoms with Gasteiger partial charge in [0.15, 0.2) is 0 Å². The van der Waals surface area contributed by atoms with Gasteiger partial charge >= 0.3 is 5.97 Å². The summed E-state index contributed by atoms with van der Waals surface area (Å²) in [5.74, 6) is -0.825. The first kappa shape index (κ1) is 13.2. The molecule has 0 radical (unpaired) electrons. The standard InChI is InChI=1S/C12H21NO3/c1-3-10(12(14)15)6-7-13-9(2)11-5-4-8-16-11/h6,9,11,13H,3-5,7-8H2,1-2H3,(H,14,15). The predicted molar refractivity (Wildman–Crippen MR) is 62.4 cm³/mol. The molecule has 2 N–H and O–H groups in total. The van der Waals surface area contributed by atoms with Gasteiger partial charge in [-0.3, -0.25) is 0 Å². The Bertz CT molecular complexity index is 257. The third-order valence-corrected chi connectivity index (χ3v) is 2.97. The minimum absolute atomic E-state index is 0.281. The van der Waals surface area contributed by atoms with Crippen LogP contribution in [0.1, 0.15) is 33.1 Å². The predicted octanol–water partition coefficient (Wildman–Crippen LogP) is 1.56. The number of carbonyl (C=O) groups is 1. The molecule has 16 heavy (non-hydrogen) atoms. The van der Waals surface area contributed by atoms with Crippen LogP contribution in [0.15, 0.2) is 11.6 Å². The summed E-state index contributed by atoms with van der Waals surface area (Å²) in [4.78, 5) is 10.7. The van der Waals surface area contributed by atoms with Crippen molar-refractivity contribution in [2.24, 2.45) is 0 Å². The molecule has 1 aliphatic rings. The van der Waals surface area contributed by atoms with Crippen molar-refractivity contribution in [1.82, 2.24) is 5.32 Å². The Morgan fingerprint density at radius 1 is 1.69 bits per heavy atom. The number of ether oxygens (including phenoxy) is 1. The molecule has 1 heterocycles. The summed E-state index contributed by atoms with van der Waals surface area (Å²) in [5.41, 5.74) is 0.465. The van der Waals surface area contributed by atoms with E-state index in [0.29, 0.717) is 18.5 Å². The molecule has 4 heteroatoms. The van der Waals surface area contributed by atoms with Crippen molar-refractivity contribution in [3.05, 3.63) is 11.6 Å². The van der Waals surface area contributed by atoms with Gasteiger partial charge in [0.2, 0.25) is 0 Å². The highest BCUT2D eigenvalue weighted by Crippen LogP contribution is 2.15. The molecule has 0 saturated carbocycles. The average molecular weight is 227 g/mol. The van der Waals surface area contributed by atoms with Gasteiger partial charge in [-0.2, -0.15) is 0 Å². The summed E-state index contributed by atoms with van der Waals surface area (Å²) >= 11 is 0. The highest BCUT2D eigenvalue weighted by atomic mass is 16.5. The van der Waals surface area contributed by atoms with Gasteiger partial charge in [-0.25, -0.2) is 4.79 Å². The van der Waals surface area contributed by atoms with E-state index in [9.17, 15) is 4.79 Å². The van der Waals surface area contributed by atoms with Crippen molar-refractivity contribution in [3.8, 4) is 0 Å². The van der Waals surface area contributed by atoms with E-state index >= 15 is 0 Å². The topological polar surface area (TPSA) is 58.6 Å². The van der Waals surface area contributed by atoms with Crippen LogP contribution >= 0.6 is 0 Å². The number of hydrogen-bond acceptors (Lipinski definition) is 3. The molecule has 1 saturated heterocycles. The lowest BCUT2D eigenvalue weighted by molar-refractivity contribution is -0.132. The van der Waals surface area contributed by atoms with Gasteiger partial charge in [0.05, 0.1) is 6.10 Å². The fourth-order valence-electron chi connectivity index (χ4n) is 1.88. The van der Waals surface area contributed by atoms with Crippen molar-refractivity contribution < 1.29 is 14.6 Å². The first-order chi connectivity index (χ1) is 7.65. The Hall–Kier alpha value is -0.870. The smallest absolute Gasteiger partial charge is 0.331 e. The molecule has 92 valence electrons. The molecule has 1 fully saturated rings. The maximum Gasteiger partial charge on any atom is 0.331 e. The maximum absolute atomic E-state index is 10.7. The van der Waals surface area contributed by atoms with Gasteiger partial charge < -0.3 is 15.2 Å². The first-order valence-corrected chi connectivity index (χ1v) is 5.92. The summed E-state index contributed by atoms with van der Waals surface area (Å²) in [5, 5.41) is 12.1. The van der Waals surface area contributed by atoms with Crippen LogP contribution in [0, 0.1) is 0 Å². The molecule has 1 aliphatic heterocycles. The van der Waals surface area contributed by atoms with E-state index in [2.05, 4.69) is 12.2 Å². The SMILES string of the molecule is CCC(=CCNC(C)C1CCCO1)C(=O)O. The lowest BCUT2D eigenvalue weighted by Gasteiger charge is -2.19. The molecule has 0 spiro atoms. The van der Waals surface area contributed by atoms with E-state index in [-0.39, 0.29) is 12.1 Å². The Labute approximate surface area is 96.7 Å². The second kappa shape index (κ2) is 6.66. The molecule has 0 aromatic rings. The monoisotopic (exact) mass is 227 g/mol. The molecule has 1 rings (SSSR count). The highest BCUT2D eigenvalue weighted by molar-refractivity contribution is 5.86. The number of aliphatic carboxylic acids is 1. The second-order valence-electron chi connectivity index (χ2n) is 4.14. The van der Waals surface area contributed by atoms with Crippen LogP contribution in [0.25, 0.3) is 0 Å². The van der Waals surface area contributed by atoms with E-state index in [1.165, 1.54) is 0 Å². The van der Waals surface area contributed by atoms with Crippen LogP contribution in [0.2, 0.25) is 0 Å². The van der Waals surface area contributed by atoms with Crippen LogP contribution in [-0.2, 0) is 9.53 Å². The fraction of sp³-hybridized carbons (Fsp3) is 0.750. The summed E-state index contributed by atoms with van der Waals surface area (Å²) in [6, 6.07) is 0.283. The minimum Gasteiger partial charge on any atom is -0.478 e. The molecule has 2 unspecified atom stereocenters. The third kappa shape index (κ3) is 3.94. The molecule has 0 aliphatic carbocycles. The Morgan fingerprint density at radius 2 is 2.44 bits per heavy atom. The number of rotatable bonds is 6. The second-order valence-corrected chi connectivity index (χ2v) is 4.14. The normalized spacial score (nSPS) is 23.4. The Balaban J connectivity index is 2.30. The van der Waals surface area contributed by atoms with E-state index in [1.807, 2.05) is 6.92 Å². The zero-order valence-corrected chi connectivity index (χ0v) is 10.0. The third-order valence-electron chi connectivity index (χ3n) is 2.97. The Kier molecular flexibility index (Phi) is 5.49. The quantitative estimate of drug-likeness (QED) is 0.676. The average Bonchev–Trinajstić information content (AvgIpc) is 2.76. The number of nitrogens with one attached hydrogen (secondary N) is 1. The zero-order valence-electron chi connectivity index (χ0n) is 10.0. The highest BCUT2D eigenvalue weighted by Gasteiger charge is 2.21. The lowest BCUT2D eigenvalue weighted by Crippen LogP contribution is -2.37. The van der Waals surface area contributed by atoms with E-state index in [1.54, 1.807) is 6.08 Å². The maximum atomic E-state index is 10.7. The van der Waals surface area contributed by atoms with Crippen molar-refractivity contribution in [3.63, 3.8) is 0 Å². The summed E-state index contributed by atoms with van der Waals surface area (Å²) in [7, 11) is 0. The molecule has 0 aromatic heterocycles. The van der Waals surface area contributed by atoms with E-state index in [0.717, 1.165) is 19.4 Å². The van der Waals surface area contributed by atoms with Crippen molar-refractivity contribution in [2.75, 3.05) is 13.2 Å². The van der Waals surface area contributed by atoms with E-state index < -0.39 is 5.97 Å². The van der Waals surface area contributed by atoms with E-state index in [4.69, 9.17) is 9.84 Å². The van der Waals surface area contributed by atoms with Gasteiger partial charge in [0.25, 0.3) is 0 Å². The van der Waals surface area contributed by atoms with Crippen molar-refractivity contribution >= 4 is 5.97 Å². The van der Waals surface area contributed by atoms with Crippen molar-refractivity contribution in [2.45, 2.75) is 45.3 Å². The summed E-state index contributed by atoms with van der Waals surface area (Å²) < 4.78 is 5.55. The van der Waals surface area contributed by atoms with Gasteiger partial charge in [0.1, 0.15) is 0 Å². The molecule has 0 amide bonds. The largest absolute Gasteiger partial charge is 0.478 e. The van der Waals surface area contributed by atoms with Crippen LogP contribution < -0.4 is 5.32 Å². The minimum atomic E-state index is -0.825. The summed E-state index contributed by atoms with van der Waals surface area (Å²) in [6.45, 7) is 5.37. The molecule has 2 atom stereocenters. The van der Waals surface area contributed by atoms with Crippen LogP contribution in [-0.4, -0.2) is 36.4 Å². The lowest BCUT2D eigenvalue weighted by atomic mass is 10.1. The molecule has 0 bridgehead atoms. The zero-order chi connectivity index (χ0) is 12.0. The van der Waals surface area contributed by atoms with Gasteiger partial charge in [-0.05, 0) is 26.2 Å². The first-order valence-electron chi connectivity index (χ1n) is 5.92. The fourth-order valence-corrected chi connectivity index (χ4v) is 1.88. The number of carboxylic acids is 1. The molecule has 4 nitrogen and oxygen atoms in total. The van der Waals surface area contributed by atoms with Gasteiger partial charge in [-0.15, -0.1) is 0 Å². The van der Waals surface area contributed by atoms with Crippen LogP contribution in [0.3, 0.4) is 0 Å². The Morgan fingerprint density at radius 3 is 2.94 bits per heavy atom. The van der Waals surface area contributed by atoms with Crippen LogP contribution in [0.4, 0.5) is 0 Å². The van der Waals surface area contributed by atoms with Gasteiger partial charge in [-0.1, -0.05) is 13.0 Å². The molecular weight excluding hydrogens is 206 g/mol. The molecule has 0 aromatic carbocycles. The van der Waals surface area contributed by atoms with Crippen molar-refractivity contribution in [1.29, 1.82) is 0 Å². The summed E-state index contributed by atoms with van der Waals surface area (Å²) in [6.07, 6.45) is 4.81. The molecular formula is C12H21NO3. The number of carboxylic acid groups (broad SMARTS) is 1. The number of hydrogen-bond donors (Lipinski definition) is 2. The van der Waals surface area contributed by atoms with Gasteiger partial charge in [0, 0.05) is 24.8 Å².